The van der Waals surface area contributed by atoms with E-state index in [2.05, 4.69) is 205 Å². The summed E-state index contributed by atoms with van der Waals surface area (Å²) >= 11 is 0. The van der Waals surface area contributed by atoms with Crippen LogP contribution in [0.2, 0.25) is 0 Å². The van der Waals surface area contributed by atoms with Crippen molar-refractivity contribution in [3.63, 3.8) is 0 Å². The van der Waals surface area contributed by atoms with E-state index in [1.165, 1.54) is 90.7 Å². The SMILES string of the molecule is c1ccc(-c2ccc(N(c3cc4c(cc3-c3ccc5c(c3)CCCC5)-c3ccccc3C43c4ccccc4-c4ccccc43)c3cccc4oc5ccccc5c34)cc2)cc1. The zero-order valence-corrected chi connectivity index (χ0v) is 33.7. The second-order valence-electron chi connectivity index (χ2n) is 17.0. The van der Waals surface area contributed by atoms with E-state index in [9.17, 15) is 0 Å². The van der Waals surface area contributed by atoms with Crippen LogP contribution in [-0.4, -0.2) is 0 Å². The molecule has 13 rings (SSSR count). The molecular weight excluding hydrogens is 739 g/mol. The summed E-state index contributed by atoms with van der Waals surface area (Å²) in [4.78, 5) is 2.53. The molecule has 0 saturated carbocycles. The lowest BCUT2D eigenvalue weighted by atomic mass is 9.70. The summed E-state index contributed by atoms with van der Waals surface area (Å²) < 4.78 is 6.61. The Bertz CT molecular complexity index is 3330. The van der Waals surface area contributed by atoms with E-state index in [1.54, 1.807) is 0 Å². The zero-order valence-electron chi connectivity index (χ0n) is 33.7. The molecule has 3 aliphatic carbocycles. The van der Waals surface area contributed by atoms with E-state index in [4.69, 9.17) is 4.42 Å². The number of hydrogen-bond donors (Lipinski definition) is 0. The molecule has 0 aliphatic heterocycles. The molecule has 2 nitrogen and oxygen atoms in total. The fourth-order valence-corrected chi connectivity index (χ4v) is 11.2. The Labute approximate surface area is 356 Å². The number of fused-ring (bicyclic) bond motifs is 14. The van der Waals surface area contributed by atoms with Gasteiger partial charge in [0.2, 0.25) is 0 Å². The van der Waals surface area contributed by atoms with Crippen molar-refractivity contribution in [3.05, 3.63) is 234 Å². The lowest BCUT2D eigenvalue weighted by Crippen LogP contribution is -2.26. The molecule has 0 radical (unpaired) electrons. The van der Waals surface area contributed by atoms with Crippen LogP contribution in [0, 0.1) is 0 Å². The summed E-state index contributed by atoms with van der Waals surface area (Å²) in [5.41, 5.74) is 23.0. The third-order valence-corrected chi connectivity index (χ3v) is 13.9. The molecule has 9 aromatic carbocycles. The lowest BCUT2D eigenvalue weighted by molar-refractivity contribution is 0.669. The molecule has 0 bridgehead atoms. The number of furan rings is 1. The third-order valence-electron chi connectivity index (χ3n) is 13.9. The maximum atomic E-state index is 6.61. The van der Waals surface area contributed by atoms with Gasteiger partial charge in [-0.15, -0.1) is 0 Å². The molecule has 288 valence electrons. The Balaban J connectivity index is 1.16. The summed E-state index contributed by atoms with van der Waals surface area (Å²) in [6.07, 6.45) is 4.76. The van der Waals surface area contributed by atoms with Gasteiger partial charge in [-0.2, -0.15) is 0 Å². The Hall–Kier alpha value is -7.42. The molecule has 0 fully saturated rings. The minimum absolute atomic E-state index is 0.487. The normalized spacial score (nSPS) is 14.1. The van der Waals surface area contributed by atoms with E-state index in [0.29, 0.717) is 0 Å². The Morgan fingerprint density at radius 2 is 0.967 bits per heavy atom. The van der Waals surface area contributed by atoms with E-state index >= 15 is 0 Å². The maximum absolute atomic E-state index is 6.61. The highest BCUT2D eigenvalue weighted by Crippen LogP contribution is 2.64. The first-order chi connectivity index (χ1) is 30.3. The smallest absolute Gasteiger partial charge is 0.137 e. The van der Waals surface area contributed by atoms with Crippen LogP contribution in [0.1, 0.15) is 46.2 Å². The average Bonchev–Trinajstić information content (AvgIpc) is 3.96. The minimum Gasteiger partial charge on any atom is -0.456 e. The fourth-order valence-electron chi connectivity index (χ4n) is 11.2. The van der Waals surface area contributed by atoms with Gasteiger partial charge in [0, 0.05) is 16.6 Å². The molecule has 0 atom stereocenters. The van der Waals surface area contributed by atoms with Crippen LogP contribution in [0.5, 0.6) is 0 Å². The molecule has 0 unspecified atom stereocenters. The largest absolute Gasteiger partial charge is 0.456 e. The van der Waals surface area contributed by atoms with Crippen molar-refractivity contribution in [1.29, 1.82) is 0 Å². The number of aryl methyl sites for hydroxylation is 2. The van der Waals surface area contributed by atoms with Crippen molar-refractivity contribution < 1.29 is 4.42 Å². The number of anilines is 3. The second kappa shape index (κ2) is 13.3. The van der Waals surface area contributed by atoms with Gasteiger partial charge in [0.1, 0.15) is 11.2 Å². The fraction of sp³-hybridized carbons (Fsp3) is 0.0847. The Kier molecular flexibility index (Phi) is 7.51. The summed E-state index contributed by atoms with van der Waals surface area (Å²) in [5, 5.41) is 2.22. The second-order valence-corrected chi connectivity index (χ2v) is 17.0. The van der Waals surface area contributed by atoms with Crippen LogP contribution in [0.3, 0.4) is 0 Å². The summed E-state index contributed by atoms with van der Waals surface area (Å²) in [5.74, 6) is 0. The first-order valence-electron chi connectivity index (χ1n) is 21.7. The molecule has 2 heteroatoms. The number of benzene rings is 9. The zero-order chi connectivity index (χ0) is 40.1. The molecule has 0 N–H and O–H groups in total. The van der Waals surface area contributed by atoms with Gasteiger partial charge < -0.3 is 9.32 Å². The van der Waals surface area contributed by atoms with E-state index < -0.39 is 5.41 Å². The van der Waals surface area contributed by atoms with Crippen molar-refractivity contribution in [1.82, 2.24) is 0 Å². The predicted molar refractivity (Wildman–Crippen MR) is 252 cm³/mol. The molecule has 1 aromatic heterocycles. The van der Waals surface area contributed by atoms with Crippen LogP contribution < -0.4 is 4.90 Å². The van der Waals surface area contributed by atoms with Crippen molar-refractivity contribution >= 4 is 39.0 Å². The van der Waals surface area contributed by atoms with Gasteiger partial charge in [0.05, 0.1) is 22.2 Å². The standard InChI is InChI=1S/C59H41NO/c1-2-15-38(16-3-1)40-31-33-43(34-32-40)60(54-26-14-28-57-58(54)47-22-9-13-27-56(47)61-57)55-37-53-49(36-48(55)42-30-29-39-17-4-5-18-41(39)35-42)46-21-8-12-25-52(46)59(53)50-23-10-6-19-44(50)45-20-7-11-24-51(45)59/h1-3,6-16,19-37H,4-5,17-18H2. The van der Waals surface area contributed by atoms with Crippen LogP contribution in [0.25, 0.3) is 66.4 Å². The van der Waals surface area contributed by atoms with Crippen molar-refractivity contribution in [2.24, 2.45) is 0 Å². The highest BCUT2D eigenvalue weighted by atomic mass is 16.3. The first-order valence-corrected chi connectivity index (χ1v) is 21.7. The molecule has 61 heavy (non-hydrogen) atoms. The van der Waals surface area contributed by atoms with Crippen molar-refractivity contribution in [2.45, 2.75) is 31.1 Å². The predicted octanol–water partition coefficient (Wildman–Crippen LogP) is 15.6. The van der Waals surface area contributed by atoms with Crippen LogP contribution in [-0.2, 0) is 18.3 Å². The maximum Gasteiger partial charge on any atom is 0.137 e. The number of para-hydroxylation sites is 1. The highest BCUT2D eigenvalue weighted by molar-refractivity contribution is 6.14. The Morgan fingerprint density at radius 3 is 1.70 bits per heavy atom. The van der Waals surface area contributed by atoms with Crippen LogP contribution in [0.15, 0.2) is 205 Å². The van der Waals surface area contributed by atoms with Crippen LogP contribution in [0.4, 0.5) is 17.1 Å². The monoisotopic (exact) mass is 779 g/mol. The molecule has 1 heterocycles. The third kappa shape index (κ3) is 4.97. The van der Waals surface area contributed by atoms with Gasteiger partial charge in [0.25, 0.3) is 0 Å². The summed E-state index contributed by atoms with van der Waals surface area (Å²) in [6.45, 7) is 0. The van der Waals surface area contributed by atoms with Crippen LogP contribution >= 0.6 is 0 Å². The van der Waals surface area contributed by atoms with Gasteiger partial charge in [-0.25, -0.2) is 0 Å². The molecule has 3 aliphatic rings. The van der Waals surface area contributed by atoms with Crippen molar-refractivity contribution in [2.75, 3.05) is 4.90 Å². The van der Waals surface area contributed by atoms with E-state index in [1.807, 2.05) is 0 Å². The topological polar surface area (TPSA) is 16.4 Å². The van der Waals surface area contributed by atoms with Gasteiger partial charge in [-0.1, -0.05) is 158 Å². The molecule has 1 spiro atoms. The Morgan fingerprint density at radius 1 is 0.377 bits per heavy atom. The van der Waals surface area contributed by atoms with E-state index in [0.717, 1.165) is 51.8 Å². The highest BCUT2D eigenvalue weighted by Gasteiger charge is 2.52. The molecule has 0 amide bonds. The number of rotatable bonds is 5. The molecule has 0 saturated heterocycles. The molecular formula is C59H41NO. The van der Waals surface area contributed by atoms with Gasteiger partial charge in [-0.3, -0.25) is 0 Å². The number of nitrogens with zero attached hydrogens (tertiary/aromatic N) is 1. The lowest BCUT2D eigenvalue weighted by Gasteiger charge is -2.33. The quantitative estimate of drug-likeness (QED) is 0.173. The van der Waals surface area contributed by atoms with Gasteiger partial charge >= 0.3 is 0 Å². The summed E-state index contributed by atoms with van der Waals surface area (Å²) in [6, 6.07) is 74.6. The van der Waals surface area contributed by atoms with Crippen molar-refractivity contribution in [3.8, 4) is 44.5 Å². The number of hydrogen-bond acceptors (Lipinski definition) is 2. The average molecular weight is 780 g/mol. The van der Waals surface area contributed by atoms with E-state index in [-0.39, 0.29) is 0 Å². The molecule has 10 aromatic rings. The van der Waals surface area contributed by atoms with Gasteiger partial charge in [0.15, 0.2) is 0 Å². The van der Waals surface area contributed by atoms with Gasteiger partial charge in [-0.05, 0) is 140 Å². The first kappa shape index (κ1) is 34.4. The summed E-state index contributed by atoms with van der Waals surface area (Å²) in [7, 11) is 0. The minimum atomic E-state index is -0.487.